The fourth-order valence-electron chi connectivity index (χ4n) is 4.49. The molecule has 0 saturated carbocycles. The standard InChI is InChI=1S/C27H28F2N6.C2H6/c1-18(32-22-7-9-25(31-16-22)27(2,28)29)26-23-13-20(6-8-24(23)33-34-26)21-12-19(14-30-15-21)17-35-10-4-3-5-11-35;1-2/h6-9,12-16,32H,1,3-5,10-11,17H2,2H3,(H,33,34);1-2H3. The number of fused-ring (bicyclic) bond motifs is 1. The molecule has 2 N–H and O–H groups in total. The summed E-state index contributed by atoms with van der Waals surface area (Å²) in [7, 11) is 0. The largest absolute Gasteiger partial charge is 0.353 e. The monoisotopic (exact) mass is 504 g/mol. The molecular weight excluding hydrogens is 470 g/mol. The lowest BCUT2D eigenvalue weighted by atomic mass is 10.0. The summed E-state index contributed by atoms with van der Waals surface area (Å²) in [5.41, 5.74) is 5.65. The number of pyridine rings is 2. The lowest BCUT2D eigenvalue weighted by Crippen LogP contribution is -2.29. The third-order valence-electron chi connectivity index (χ3n) is 6.34. The van der Waals surface area contributed by atoms with Gasteiger partial charge in [-0.15, -0.1) is 0 Å². The topological polar surface area (TPSA) is 69.7 Å². The van der Waals surface area contributed by atoms with Gasteiger partial charge in [0.05, 0.1) is 23.1 Å². The van der Waals surface area contributed by atoms with Crippen molar-refractivity contribution in [2.24, 2.45) is 0 Å². The molecule has 1 fully saturated rings. The number of aromatic nitrogens is 4. The van der Waals surface area contributed by atoms with Crippen molar-refractivity contribution in [2.75, 3.05) is 18.4 Å². The van der Waals surface area contributed by atoms with Crippen LogP contribution in [0.25, 0.3) is 27.7 Å². The van der Waals surface area contributed by atoms with Crippen LogP contribution in [-0.2, 0) is 12.5 Å². The SMILES string of the molecule is C=C(Nc1ccc(C(C)(F)F)nc1)c1n[nH]c2ccc(-c3cncc(CN4CCCCC4)c3)cc12.CC. The number of hydrogen-bond donors (Lipinski definition) is 2. The number of halogens is 2. The molecule has 1 aliphatic rings. The van der Waals surface area contributed by atoms with E-state index in [9.17, 15) is 8.78 Å². The second-order valence-electron chi connectivity index (χ2n) is 9.18. The van der Waals surface area contributed by atoms with Gasteiger partial charge in [-0.25, -0.2) is 0 Å². The van der Waals surface area contributed by atoms with Gasteiger partial charge < -0.3 is 5.32 Å². The molecule has 1 aliphatic heterocycles. The Bertz CT molecular complexity index is 1330. The molecule has 0 radical (unpaired) electrons. The Kier molecular flexibility index (Phi) is 8.28. The Labute approximate surface area is 216 Å². The molecule has 6 nitrogen and oxygen atoms in total. The van der Waals surface area contributed by atoms with Crippen LogP contribution in [0.3, 0.4) is 0 Å². The third kappa shape index (κ3) is 6.38. The van der Waals surface area contributed by atoms with Crippen LogP contribution in [0.15, 0.2) is 61.6 Å². The molecule has 0 spiro atoms. The Balaban J connectivity index is 0.00000156. The number of H-pyrrole nitrogens is 1. The fourth-order valence-corrected chi connectivity index (χ4v) is 4.49. The number of aromatic amines is 1. The van der Waals surface area contributed by atoms with E-state index >= 15 is 0 Å². The quantitative estimate of drug-likeness (QED) is 0.278. The van der Waals surface area contributed by atoms with Gasteiger partial charge in [0.2, 0.25) is 0 Å². The zero-order chi connectivity index (χ0) is 26.4. The van der Waals surface area contributed by atoms with Gasteiger partial charge in [0.15, 0.2) is 0 Å². The highest BCUT2D eigenvalue weighted by Crippen LogP contribution is 2.30. The summed E-state index contributed by atoms with van der Waals surface area (Å²) in [6.07, 6.45) is 9.03. The van der Waals surface area contributed by atoms with Crippen LogP contribution in [0.2, 0.25) is 0 Å². The van der Waals surface area contributed by atoms with Gasteiger partial charge in [0.25, 0.3) is 5.92 Å². The summed E-state index contributed by atoms with van der Waals surface area (Å²) in [6, 6.07) is 11.2. The molecule has 5 rings (SSSR count). The second-order valence-corrected chi connectivity index (χ2v) is 9.18. The molecule has 0 aliphatic carbocycles. The molecule has 3 aromatic heterocycles. The van der Waals surface area contributed by atoms with E-state index in [2.05, 4.69) is 55.2 Å². The van der Waals surface area contributed by atoms with Gasteiger partial charge in [0, 0.05) is 36.8 Å². The van der Waals surface area contributed by atoms with E-state index in [0.29, 0.717) is 17.1 Å². The first-order valence-electron chi connectivity index (χ1n) is 12.8. The first-order chi connectivity index (χ1) is 17.9. The summed E-state index contributed by atoms with van der Waals surface area (Å²) in [6.45, 7) is 12.1. The summed E-state index contributed by atoms with van der Waals surface area (Å²) in [4.78, 5) is 10.8. The zero-order valence-electron chi connectivity index (χ0n) is 21.7. The number of nitrogens with zero attached hydrogens (tertiary/aromatic N) is 4. The number of nitrogens with one attached hydrogen (secondary N) is 2. The maximum absolute atomic E-state index is 13.4. The molecule has 0 amide bonds. The maximum atomic E-state index is 13.4. The van der Waals surface area contributed by atoms with Crippen LogP contribution in [0.5, 0.6) is 0 Å². The fraction of sp³-hybridized carbons (Fsp3) is 0.345. The molecule has 0 unspecified atom stereocenters. The van der Waals surface area contributed by atoms with Gasteiger partial charge in [-0.3, -0.25) is 20.0 Å². The molecule has 4 aromatic rings. The van der Waals surface area contributed by atoms with E-state index in [1.165, 1.54) is 37.1 Å². The van der Waals surface area contributed by atoms with Crippen molar-refractivity contribution < 1.29 is 8.78 Å². The van der Waals surface area contributed by atoms with Gasteiger partial charge in [-0.05, 0) is 67.4 Å². The minimum Gasteiger partial charge on any atom is -0.353 e. The second kappa shape index (κ2) is 11.6. The maximum Gasteiger partial charge on any atom is 0.286 e. The molecule has 8 heteroatoms. The van der Waals surface area contributed by atoms with Crippen molar-refractivity contribution in [2.45, 2.75) is 52.5 Å². The van der Waals surface area contributed by atoms with Crippen molar-refractivity contribution in [1.29, 1.82) is 0 Å². The van der Waals surface area contributed by atoms with Crippen LogP contribution in [0.4, 0.5) is 14.5 Å². The number of rotatable bonds is 7. The molecule has 4 heterocycles. The lowest BCUT2D eigenvalue weighted by molar-refractivity contribution is 0.0128. The van der Waals surface area contributed by atoms with Crippen molar-refractivity contribution in [3.8, 4) is 11.1 Å². The van der Waals surface area contributed by atoms with E-state index in [1.807, 2.05) is 32.3 Å². The average molecular weight is 505 g/mol. The number of likely N-dealkylation sites (tertiary alicyclic amines) is 1. The minimum atomic E-state index is -2.98. The number of anilines is 1. The average Bonchev–Trinajstić information content (AvgIpc) is 3.34. The molecule has 0 bridgehead atoms. The Morgan fingerprint density at radius 2 is 1.81 bits per heavy atom. The molecule has 1 saturated heterocycles. The van der Waals surface area contributed by atoms with Gasteiger partial charge in [0.1, 0.15) is 11.4 Å². The number of piperidine rings is 1. The molecule has 0 atom stereocenters. The number of hydrogen-bond acceptors (Lipinski definition) is 5. The van der Waals surface area contributed by atoms with Gasteiger partial charge in [-0.2, -0.15) is 13.9 Å². The highest BCUT2D eigenvalue weighted by molar-refractivity contribution is 5.95. The first-order valence-corrected chi connectivity index (χ1v) is 12.8. The summed E-state index contributed by atoms with van der Waals surface area (Å²) < 4.78 is 26.9. The van der Waals surface area contributed by atoms with E-state index in [4.69, 9.17) is 0 Å². The molecule has 37 heavy (non-hydrogen) atoms. The van der Waals surface area contributed by atoms with E-state index in [0.717, 1.165) is 48.6 Å². The smallest absolute Gasteiger partial charge is 0.286 e. The summed E-state index contributed by atoms with van der Waals surface area (Å²) in [5.74, 6) is -2.98. The zero-order valence-corrected chi connectivity index (χ0v) is 21.7. The van der Waals surface area contributed by atoms with Crippen LogP contribution in [0.1, 0.15) is 57.0 Å². The third-order valence-corrected chi connectivity index (χ3v) is 6.34. The highest BCUT2D eigenvalue weighted by atomic mass is 19.3. The molecule has 1 aromatic carbocycles. The predicted octanol–water partition coefficient (Wildman–Crippen LogP) is 7.23. The number of alkyl halides is 2. The van der Waals surface area contributed by atoms with Crippen molar-refractivity contribution in [3.63, 3.8) is 0 Å². The van der Waals surface area contributed by atoms with Crippen molar-refractivity contribution >= 4 is 22.3 Å². The van der Waals surface area contributed by atoms with Crippen molar-refractivity contribution in [1.82, 2.24) is 25.1 Å². The van der Waals surface area contributed by atoms with E-state index in [-0.39, 0.29) is 5.69 Å². The van der Waals surface area contributed by atoms with Crippen LogP contribution < -0.4 is 5.32 Å². The van der Waals surface area contributed by atoms with Gasteiger partial charge in [-0.1, -0.05) is 32.9 Å². The number of benzene rings is 1. The van der Waals surface area contributed by atoms with Gasteiger partial charge >= 0.3 is 0 Å². The van der Waals surface area contributed by atoms with E-state index in [1.54, 1.807) is 6.07 Å². The Morgan fingerprint density at radius 1 is 1.03 bits per heavy atom. The first kappa shape index (κ1) is 26.4. The van der Waals surface area contributed by atoms with Crippen LogP contribution in [0, 0.1) is 0 Å². The molecular formula is C29H34F2N6. The predicted molar refractivity (Wildman–Crippen MR) is 146 cm³/mol. The van der Waals surface area contributed by atoms with Crippen molar-refractivity contribution in [3.05, 3.63) is 78.5 Å². The summed E-state index contributed by atoms with van der Waals surface area (Å²) in [5, 5.41) is 11.5. The van der Waals surface area contributed by atoms with Crippen LogP contribution >= 0.6 is 0 Å². The normalized spacial score (nSPS) is 14.2. The highest BCUT2D eigenvalue weighted by Gasteiger charge is 2.25. The lowest BCUT2D eigenvalue weighted by Gasteiger charge is -2.26. The van der Waals surface area contributed by atoms with Crippen LogP contribution in [-0.4, -0.2) is 38.2 Å². The van der Waals surface area contributed by atoms with E-state index < -0.39 is 5.92 Å². The summed E-state index contributed by atoms with van der Waals surface area (Å²) >= 11 is 0. The Morgan fingerprint density at radius 3 is 2.51 bits per heavy atom. The molecule has 194 valence electrons. The minimum absolute atomic E-state index is 0.278. The Hall–Kier alpha value is -3.65.